The van der Waals surface area contributed by atoms with E-state index >= 15 is 0 Å². The first kappa shape index (κ1) is 33.8. The first-order valence-corrected chi connectivity index (χ1v) is 19.6. The van der Waals surface area contributed by atoms with Crippen LogP contribution in [0.2, 0.25) is 0 Å². The van der Waals surface area contributed by atoms with Crippen LogP contribution >= 0.6 is 0 Å². The quantitative estimate of drug-likeness (QED) is 0.168. The molecule has 0 atom stereocenters. The van der Waals surface area contributed by atoms with Gasteiger partial charge in [-0.2, -0.15) is 0 Å². The molecule has 0 amide bonds. The normalized spacial score (nSPS) is 16.3. The van der Waals surface area contributed by atoms with Gasteiger partial charge in [0.15, 0.2) is 7.28 Å². The molecule has 8 aromatic rings. The van der Waals surface area contributed by atoms with Gasteiger partial charge in [0, 0.05) is 44.8 Å². The maximum Gasteiger partial charge on any atom is 0.188 e. The van der Waals surface area contributed by atoms with Crippen LogP contribution in [0, 0.1) is 0 Å². The number of hydrogen-bond donors (Lipinski definition) is 0. The van der Waals surface area contributed by atoms with Crippen molar-refractivity contribution >= 4 is 74.6 Å². The summed E-state index contributed by atoms with van der Waals surface area (Å²) in [6.07, 6.45) is 6.98. The Morgan fingerprint density at radius 1 is 0.482 bits per heavy atom. The fourth-order valence-corrected chi connectivity index (χ4v) is 8.52. The van der Waals surface area contributed by atoms with Gasteiger partial charge in [-0.15, -0.1) is 0 Å². The van der Waals surface area contributed by atoms with Gasteiger partial charge in [-0.25, -0.2) is 0 Å². The van der Waals surface area contributed by atoms with E-state index in [9.17, 15) is 0 Å². The molecule has 268 valence electrons. The Bertz CT molecular complexity index is 2800. The van der Waals surface area contributed by atoms with Gasteiger partial charge in [-0.05, 0) is 88.9 Å². The smallest absolute Gasteiger partial charge is 0.188 e. The molecule has 0 spiro atoms. The monoisotopic (exact) mass is 719 g/mol. The Hall–Kier alpha value is -6.78. The summed E-state index contributed by atoms with van der Waals surface area (Å²) in [5.41, 5.74) is 16.5. The van der Waals surface area contributed by atoms with Crippen molar-refractivity contribution in [1.82, 2.24) is 4.57 Å². The zero-order chi connectivity index (χ0) is 37.8. The van der Waals surface area contributed by atoms with E-state index in [0.29, 0.717) is 0 Å². The minimum Gasteiger partial charge on any atom is -0.311 e. The summed E-state index contributed by atoms with van der Waals surface area (Å²) in [6.45, 7) is 6.83. The number of hydrogen-bond acceptors (Lipinski definition) is 2. The molecule has 0 saturated carbocycles. The molecule has 10 rings (SSSR count). The van der Waals surface area contributed by atoms with Crippen molar-refractivity contribution in [2.75, 3.05) is 9.80 Å². The molecule has 2 aliphatic rings. The lowest BCUT2D eigenvalue weighted by Crippen LogP contribution is -2.28. The van der Waals surface area contributed by atoms with Crippen LogP contribution in [-0.2, 0) is 5.41 Å². The highest BCUT2D eigenvalue weighted by atomic mass is 15.2. The van der Waals surface area contributed by atoms with E-state index in [0.717, 1.165) is 52.7 Å². The van der Waals surface area contributed by atoms with Crippen LogP contribution in [0.15, 0.2) is 194 Å². The van der Waals surface area contributed by atoms with E-state index in [-0.39, 0.29) is 5.41 Å². The lowest BCUT2D eigenvalue weighted by atomic mass is 9.68. The number of fused-ring (bicyclic) bond motifs is 5. The zero-order valence-corrected chi connectivity index (χ0v) is 32.0. The second kappa shape index (κ2) is 13.5. The molecule has 0 fully saturated rings. The maximum atomic E-state index is 2.48. The van der Waals surface area contributed by atoms with E-state index in [1.165, 1.54) is 44.0 Å². The Labute approximate surface area is 330 Å². The van der Waals surface area contributed by atoms with Crippen LogP contribution in [0.25, 0.3) is 39.1 Å². The first-order chi connectivity index (χ1) is 27.4. The number of rotatable bonds is 4. The highest BCUT2D eigenvalue weighted by Gasteiger charge is 2.27. The highest BCUT2D eigenvalue weighted by Crippen LogP contribution is 2.46. The summed E-state index contributed by atoms with van der Waals surface area (Å²) in [7, 11) is 0.736. The van der Waals surface area contributed by atoms with Crippen molar-refractivity contribution < 1.29 is 0 Å². The molecule has 0 unspecified atom stereocenters. The Kier molecular flexibility index (Phi) is 8.15. The average molecular weight is 720 g/mol. The summed E-state index contributed by atoms with van der Waals surface area (Å²) in [5, 5.41) is 2.52. The second-order valence-electron chi connectivity index (χ2n) is 15.8. The molecular formula is C52H42BN3. The maximum absolute atomic E-state index is 2.48. The lowest BCUT2D eigenvalue weighted by Gasteiger charge is -2.35. The number of aromatic nitrogens is 1. The van der Waals surface area contributed by atoms with Crippen LogP contribution in [0.4, 0.5) is 28.4 Å². The predicted molar refractivity (Wildman–Crippen MR) is 241 cm³/mol. The molecule has 3 nitrogen and oxygen atoms in total. The van der Waals surface area contributed by atoms with E-state index in [2.05, 4.69) is 229 Å². The van der Waals surface area contributed by atoms with Crippen molar-refractivity contribution in [3.63, 3.8) is 0 Å². The molecule has 0 radical (unpaired) electrons. The number of allylic oxidation sites excluding steroid dienone is 3. The van der Waals surface area contributed by atoms with Crippen molar-refractivity contribution in [2.24, 2.45) is 0 Å². The van der Waals surface area contributed by atoms with E-state index in [4.69, 9.17) is 0 Å². The highest BCUT2D eigenvalue weighted by molar-refractivity contribution is 6.61. The Morgan fingerprint density at radius 3 is 1.75 bits per heavy atom. The summed E-state index contributed by atoms with van der Waals surface area (Å²) in [6, 6.07) is 62.1. The third kappa shape index (κ3) is 5.77. The standard InChI is InChI=1S/C52H42BN3/c1-52(2,3)38-26-28-40(29-27-38)54-42-33-37(36-15-6-4-7-16-36)25-31-45-49(54)23-14-24-50(45)55(39-17-8-5-9-18-39)51-34-41(30-32-46(51)53-35-42)56-47-21-12-10-19-43(47)44-20-11-13-22-48(44)56/h4-35,53H,1-3H3/b31-25+,37-33+,42-35-. The topological polar surface area (TPSA) is 11.4 Å². The molecule has 3 heterocycles. The molecule has 4 heteroatoms. The van der Waals surface area contributed by atoms with Gasteiger partial charge in [-0.3, -0.25) is 0 Å². The molecule has 0 aliphatic carbocycles. The van der Waals surface area contributed by atoms with Crippen molar-refractivity contribution in [2.45, 2.75) is 26.2 Å². The molecule has 1 aromatic heterocycles. The van der Waals surface area contributed by atoms with Crippen molar-refractivity contribution in [3.8, 4) is 5.69 Å². The van der Waals surface area contributed by atoms with Crippen LogP contribution in [0.5, 0.6) is 0 Å². The second-order valence-corrected chi connectivity index (χ2v) is 15.8. The van der Waals surface area contributed by atoms with Gasteiger partial charge < -0.3 is 14.4 Å². The van der Waals surface area contributed by atoms with Gasteiger partial charge in [0.05, 0.1) is 22.4 Å². The molecule has 0 N–H and O–H groups in total. The number of benzene rings is 7. The molecule has 0 saturated heterocycles. The fourth-order valence-electron chi connectivity index (χ4n) is 8.52. The van der Waals surface area contributed by atoms with Crippen molar-refractivity contribution in [1.29, 1.82) is 0 Å². The largest absolute Gasteiger partial charge is 0.311 e. The lowest BCUT2D eigenvalue weighted by molar-refractivity contribution is 0.590. The first-order valence-electron chi connectivity index (χ1n) is 19.6. The third-order valence-corrected chi connectivity index (χ3v) is 11.3. The van der Waals surface area contributed by atoms with E-state index in [1.807, 2.05) is 0 Å². The van der Waals surface area contributed by atoms with Gasteiger partial charge >= 0.3 is 0 Å². The minimum atomic E-state index is 0.0560. The molecule has 56 heavy (non-hydrogen) atoms. The van der Waals surface area contributed by atoms with Gasteiger partial charge in [-0.1, -0.05) is 154 Å². The SMILES string of the molecule is CC(C)(C)c1ccc(N2C3=C\Bc4ccc(-n5c6ccccc6c6ccccc65)cc4N(c4ccccc4)c4cccc2c4/C=C/C(c2ccccc2)=C\3)cc1. The summed E-state index contributed by atoms with van der Waals surface area (Å²) in [5.74, 6) is 2.42. The van der Waals surface area contributed by atoms with Crippen LogP contribution in [0.1, 0.15) is 37.5 Å². The van der Waals surface area contributed by atoms with Crippen LogP contribution < -0.4 is 15.3 Å². The third-order valence-electron chi connectivity index (χ3n) is 11.3. The van der Waals surface area contributed by atoms with Gasteiger partial charge in [0.25, 0.3) is 0 Å². The summed E-state index contributed by atoms with van der Waals surface area (Å²) >= 11 is 0. The summed E-state index contributed by atoms with van der Waals surface area (Å²) < 4.78 is 2.42. The molecule has 7 aromatic carbocycles. The van der Waals surface area contributed by atoms with E-state index in [1.54, 1.807) is 0 Å². The zero-order valence-electron chi connectivity index (χ0n) is 32.0. The number of anilines is 5. The molecule has 2 aliphatic heterocycles. The Morgan fingerprint density at radius 2 is 1.07 bits per heavy atom. The van der Waals surface area contributed by atoms with Crippen LogP contribution in [-0.4, -0.2) is 11.8 Å². The minimum absolute atomic E-state index is 0.0560. The molecule has 4 bridgehead atoms. The number of para-hydroxylation sites is 3. The number of nitrogens with zero attached hydrogens (tertiary/aromatic N) is 3. The van der Waals surface area contributed by atoms with Crippen molar-refractivity contribution in [3.05, 3.63) is 210 Å². The fraction of sp³-hybridized carbons (Fsp3) is 0.0769. The van der Waals surface area contributed by atoms with Gasteiger partial charge in [0.1, 0.15) is 0 Å². The van der Waals surface area contributed by atoms with Gasteiger partial charge in [0.2, 0.25) is 0 Å². The average Bonchev–Trinajstić information content (AvgIpc) is 3.56. The predicted octanol–water partition coefficient (Wildman–Crippen LogP) is 12.7. The van der Waals surface area contributed by atoms with E-state index < -0.39 is 0 Å². The summed E-state index contributed by atoms with van der Waals surface area (Å²) in [4.78, 5) is 4.93. The van der Waals surface area contributed by atoms with Crippen LogP contribution in [0.3, 0.4) is 0 Å². The Balaban J connectivity index is 1.26. The molecular weight excluding hydrogens is 677 g/mol.